The van der Waals surface area contributed by atoms with Crippen LogP contribution in [0.3, 0.4) is 0 Å². The molecule has 0 aliphatic heterocycles. The number of rotatable bonds is 0. The Labute approximate surface area is 76.2 Å². The molecule has 0 spiro atoms. The third-order valence-corrected chi connectivity index (χ3v) is 0. The molecular weight excluding hydrogens is 169 g/mol. The van der Waals surface area contributed by atoms with Crippen LogP contribution >= 0.6 is 7.82 Å². The second-order valence-electron chi connectivity index (χ2n) is 0.513. The van der Waals surface area contributed by atoms with Crippen molar-refractivity contribution in [3.8, 4) is 0 Å². The molecular formula is H4NaO4PV. The quantitative estimate of drug-likeness (QED) is 0.259. The summed E-state index contributed by atoms with van der Waals surface area (Å²) in [5.74, 6) is 0. The average molecular weight is 173 g/mol. The minimum Gasteiger partial charge on any atom is -1.00 e. The summed E-state index contributed by atoms with van der Waals surface area (Å²) in [4.78, 5) is 21.6. The largest absolute Gasteiger partial charge is 1.00 e. The summed E-state index contributed by atoms with van der Waals surface area (Å²) in [6.45, 7) is 0. The molecule has 0 aliphatic rings. The zero-order valence-electron chi connectivity index (χ0n) is 4.64. The molecule has 39 valence electrons. The van der Waals surface area contributed by atoms with E-state index in [4.69, 9.17) is 19.2 Å². The fraction of sp³-hybridized carbons (Fsp3) is 0. The van der Waals surface area contributed by atoms with E-state index in [-0.39, 0.29) is 49.5 Å². The van der Waals surface area contributed by atoms with Gasteiger partial charge in [-0.25, -0.2) is 4.57 Å². The maximum absolute atomic E-state index is 8.88. The summed E-state index contributed by atoms with van der Waals surface area (Å²) in [6.07, 6.45) is 0. The van der Waals surface area contributed by atoms with Gasteiger partial charge in [0.2, 0.25) is 0 Å². The van der Waals surface area contributed by atoms with Crippen LogP contribution in [0.15, 0.2) is 0 Å². The Kier molecular flexibility index (Phi) is 13.2. The van der Waals surface area contributed by atoms with Crippen molar-refractivity contribution in [1.82, 2.24) is 0 Å². The monoisotopic (exact) mass is 173 g/mol. The Bertz CT molecular complexity index is 62.2. The zero-order valence-corrected chi connectivity index (χ0v) is 7.94. The van der Waals surface area contributed by atoms with Crippen molar-refractivity contribution in [2.45, 2.75) is 0 Å². The first-order valence-electron chi connectivity index (χ1n) is 0.783. The third-order valence-electron chi connectivity index (χ3n) is 0. The zero-order chi connectivity index (χ0) is 4.50. The van der Waals surface area contributed by atoms with Crippen LogP contribution in [0.25, 0.3) is 0 Å². The minimum absolute atomic E-state index is 0. The van der Waals surface area contributed by atoms with E-state index in [2.05, 4.69) is 0 Å². The van der Waals surface area contributed by atoms with E-state index in [0.29, 0.717) is 0 Å². The number of hydrogen-bond donors (Lipinski definition) is 3. The predicted molar refractivity (Wildman–Crippen MR) is 15.4 cm³/mol. The van der Waals surface area contributed by atoms with Crippen molar-refractivity contribution in [1.29, 1.82) is 0 Å². The van der Waals surface area contributed by atoms with Gasteiger partial charge in [0.05, 0.1) is 0 Å². The van der Waals surface area contributed by atoms with Crippen molar-refractivity contribution in [2.75, 3.05) is 0 Å². The Morgan fingerprint density at radius 2 is 1.29 bits per heavy atom. The first-order chi connectivity index (χ1) is 2.00. The number of hydrogen-bond acceptors (Lipinski definition) is 1. The molecule has 4 nitrogen and oxygen atoms in total. The van der Waals surface area contributed by atoms with Gasteiger partial charge >= 0.3 is 37.4 Å². The average Bonchev–Trinajstić information content (AvgIpc) is 0.722. The SMILES string of the molecule is O=P(O)(O)O.[H-].[Na+].[V]. The van der Waals surface area contributed by atoms with Gasteiger partial charge in [0.15, 0.2) is 0 Å². The van der Waals surface area contributed by atoms with Crippen molar-refractivity contribution in [2.24, 2.45) is 0 Å². The van der Waals surface area contributed by atoms with Crippen molar-refractivity contribution >= 4 is 7.82 Å². The van der Waals surface area contributed by atoms with Gasteiger partial charge in [-0.3, -0.25) is 0 Å². The normalized spacial score (nSPS) is 8.43. The molecule has 3 N–H and O–H groups in total. The van der Waals surface area contributed by atoms with E-state index in [9.17, 15) is 0 Å². The van der Waals surface area contributed by atoms with Gasteiger partial charge < -0.3 is 16.1 Å². The van der Waals surface area contributed by atoms with Gasteiger partial charge in [-0.2, -0.15) is 0 Å². The van der Waals surface area contributed by atoms with Gasteiger partial charge in [-0.1, -0.05) is 0 Å². The first-order valence-corrected chi connectivity index (χ1v) is 2.35. The van der Waals surface area contributed by atoms with Crippen LogP contribution < -0.4 is 29.6 Å². The molecule has 0 bridgehead atoms. The van der Waals surface area contributed by atoms with E-state index in [0.717, 1.165) is 0 Å². The van der Waals surface area contributed by atoms with E-state index in [1.165, 1.54) is 0 Å². The van der Waals surface area contributed by atoms with E-state index in [1.807, 2.05) is 0 Å². The summed E-state index contributed by atoms with van der Waals surface area (Å²) in [5, 5.41) is 0. The van der Waals surface area contributed by atoms with Crippen LogP contribution in [-0.4, -0.2) is 14.7 Å². The molecule has 0 unspecified atom stereocenters. The molecule has 0 amide bonds. The first kappa shape index (κ1) is 15.9. The second-order valence-corrected chi connectivity index (χ2v) is 1.54. The maximum Gasteiger partial charge on any atom is 1.00 e. The van der Waals surface area contributed by atoms with Gasteiger partial charge in [-0.15, -0.1) is 0 Å². The summed E-state index contributed by atoms with van der Waals surface area (Å²) in [5.41, 5.74) is 0. The molecule has 0 aliphatic carbocycles. The Balaban J connectivity index is -0.0000000267. The van der Waals surface area contributed by atoms with Gasteiger partial charge in [0.25, 0.3) is 0 Å². The molecule has 0 fully saturated rings. The maximum atomic E-state index is 8.88. The Hall–Kier alpha value is 1.69. The van der Waals surface area contributed by atoms with Crippen LogP contribution in [-0.2, 0) is 23.1 Å². The summed E-state index contributed by atoms with van der Waals surface area (Å²) >= 11 is 0. The van der Waals surface area contributed by atoms with E-state index in [1.54, 1.807) is 0 Å². The molecule has 0 rings (SSSR count). The predicted octanol–water partition coefficient (Wildman–Crippen LogP) is -3.81. The molecule has 0 atom stereocenters. The summed E-state index contributed by atoms with van der Waals surface area (Å²) < 4.78 is 8.88. The van der Waals surface area contributed by atoms with E-state index < -0.39 is 7.82 Å². The standard InChI is InChI=1S/Na.H3O4P.V.H/c;1-5(2,3)4;;/h;(H3,1,2,3,4);;/q+1;;;-1. The van der Waals surface area contributed by atoms with Crippen molar-refractivity contribution in [3.05, 3.63) is 0 Å². The molecule has 0 aromatic heterocycles. The Morgan fingerprint density at radius 3 is 1.29 bits per heavy atom. The van der Waals surface area contributed by atoms with Crippen molar-refractivity contribution < 1.29 is 68.8 Å². The van der Waals surface area contributed by atoms with Crippen LogP contribution in [0.5, 0.6) is 0 Å². The van der Waals surface area contributed by atoms with Crippen LogP contribution in [0, 0.1) is 0 Å². The van der Waals surface area contributed by atoms with Crippen LogP contribution in [0.1, 0.15) is 1.43 Å². The topological polar surface area (TPSA) is 77.8 Å². The van der Waals surface area contributed by atoms with Gasteiger partial charge in [0.1, 0.15) is 0 Å². The van der Waals surface area contributed by atoms with Crippen molar-refractivity contribution in [3.63, 3.8) is 0 Å². The smallest absolute Gasteiger partial charge is 1.00 e. The summed E-state index contributed by atoms with van der Waals surface area (Å²) in [6, 6.07) is 0. The fourth-order valence-electron chi connectivity index (χ4n) is 0. The molecule has 0 aromatic rings. The van der Waals surface area contributed by atoms with Gasteiger partial charge in [0, 0.05) is 18.6 Å². The number of phosphoric acid groups is 1. The molecule has 0 heterocycles. The Morgan fingerprint density at radius 1 is 1.29 bits per heavy atom. The fourth-order valence-corrected chi connectivity index (χ4v) is 0. The molecule has 0 saturated carbocycles. The molecule has 7 heteroatoms. The molecule has 7 heavy (non-hydrogen) atoms. The summed E-state index contributed by atoms with van der Waals surface area (Å²) in [7, 11) is -4.64. The molecule has 0 saturated heterocycles. The third kappa shape index (κ3) is 86.9. The van der Waals surface area contributed by atoms with Gasteiger partial charge in [-0.05, 0) is 0 Å². The molecule has 0 aromatic carbocycles. The minimum atomic E-state index is -4.64. The molecule has 1 radical (unpaired) electrons. The van der Waals surface area contributed by atoms with Crippen LogP contribution in [0.2, 0.25) is 0 Å². The van der Waals surface area contributed by atoms with Crippen LogP contribution in [0.4, 0.5) is 0 Å². The van der Waals surface area contributed by atoms with E-state index >= 15 is 0 Å². The second kappa shape index (κ2) is 5.82.